The maximum atomic E-state index is 13.0. The summed E-state index contributed by atoms with van der Waals surface area (Å²) >= 11 is 0. The highest BCUT2D eigenvalue weighted by atomic mass is 16.5. The molecule has 3 aliphatic rings. The molecule has 0 spiro atoms. The zero-order valence-corrected chi connectivity index (χ0v) is 21.2. The number of carbonyl (C=O) groups excluding carboxylic acids is 1. The minimum Gasteiger partial charge on any atom is -0.378 e. The first kappa shape index (κ1) is 23.6. The van der Waals surface area contributed by atoms with Gasteiger partial charge in [-0.1, -0.05) is 18.6 Å². The lowest BCUT2D eigenvalue weighted by Crippen LogP contribution is -2.52. The number of aryl methyl sites for hydroxylation is 1. The van der Waals surface area contributed by atoms with Crippen LogP contribution in [0.1, 0.15) is 37.8 Å². The maximum absolute atomic E-state index is 13.0. The lowest BCUT2D eigenvalue weighted by atomic mass is 9.94. The van der Waals surface area contributed by atoms with Gasteiger partial charge in [-0.2, -0.15) is 5.10 Å². The second-order valence-electron chi connectivity index (χ2n) is 10.6. The van der Waals surface area contributed by atoms with Crippen molar-refractivity contribution in [1.29, 1.82) is 0 Å². The van der Waals surface area contributed by atoms with E-state index in [4.69, 9.17) is 4.74 Å². The molecule has 1 N–H and O–H groups in total. The predicted molar refractivity (Wildman–Crippen MR) is 141 cm³/mol. The van der Waals surface area contributed by atoms with Crippen molar-refractivity contribution in [2.75, 3.05) is 44.7 Å². The maximum Gasteiger partial charge on any atom is 0.228 e. The number of rotatable bonds is 6. The van der Waals surface area contributed by atoms with Crippen LogP contribution in [0.15, 0.2) is 36.7 Å². The lowest BCUT2D eigenvalue weighted by Gasteiger charge is -2.41. The summed E-state index contributed by atoms with van der Waals surface area (Å²) < 4.78 is 7.33. The van der Waals surface area contributed by atoms with Crippen molar-refractivity contribution in [3.8, 4) is 11.1 Å². The largest absolute Gasteiger partial charge is 0.378 e. The molecule has 36 heavy (non-hydrogen) atoms. The van der Waals surface area contributed by atoms with Gasteiger partial charge in [0.25, 0.3) is 0 Å². The number of aromatic nitrogens is 3. The SMILES string of the molecule is Cn1ncc(-c2ccc3cnc(NC(=O)C4CCN(C5COC5)CC4)cc3c2)c1CN1CCCCC1. The highest BCUT2D eigenvalue weighted by molar-refractivity contribution is 5.95. The number of amides is 1. The van der Waals surface area contributed by atoms with Gasteiger partial charge < -0.3 is 10.1 Å². The fourth-order valence-electron chi connectivity index (χ4n) is 5.79. The Bertz CT molecular complexity index is 1220. The van der Waals surface area contributed by atoms with Crippen molar-refractivity contribution in [3.63, 3.8) is 0 Å². The second kappa shape index (κ2) is 10.3. The first-order valence-corrected chi connectivity index (χ1v) is 13.4. The third kappa shape index (κ3) is 4.90. The number of anilines is 1. The molecule has 3 fully saturated rings. The third-order valence-corrected chi connectivity index (χ3v) is 8.20. The van der Waals surface area contributed by atoms with Crippen LogP contribution in [0.5, 0.6) is 0 Å². The molecular weight excluding hydrogens is 452 g/mol. The molecule has 8 heteroatoms. The van der Waals surface area contributed by atoms with Crippen molar-refractivity contribution in [2.24, 2.45) is 13.0 Å². The topological polar surface area (TPSA) is 75.5 Å². The molecule has 0 saturated carbocycles. The number of benzene rings is 1. The minimum atomic E-state index is 0.0406. The van der Waals surface area contributed by atoms with Crippen molar-refractivity contribution < 1.29 is 9.53 Å². The monoisotopic (exact) mass is 488 g/mol. The van der Waals surface area contributed by atoms with Crippen molar-refractivity contribution in [3.05, 3.63) is 42.4 Å². The van der Waals surface area contributed by atoms with Gasteiger partial charge in [0.15, 0.2) is 0 Å². The van der Waals surface area contributed by atoms with E-state index >= 15 is 0 Å². The van der Waals surface area contributed by atoms with Crippen molar-refractivity contribution in [1.82, 2.24) is 24.6 Å². The number of hydrogen-bond acceptors (Lipinski definition) is 6. The van der Waals surface area contributed by atoms with Crippen LogP contribution in [-0.4, -0.2) is 75.9 Å². The summed E-state index contributed by atoms with van der Waals surface area (Å²) in [5.74, 6) is 0.747. The van der Waals surface area contributed by atoms with Gasteiger partial charge in [-0.3, -0.25) is 19.3 Å². The first-order chi connectivity index (χ1) is 17.6. The molecule has 3 aromatic rings. The van der Waals surface area contributed by atoms with Gasteiger partial charge in [0.2, 0.25) is 5.91 Å². The normalized spacial score (nSPS) is 20.5. The smallest absolute Gasteiger partial charge is 0.228 e. The summed E-state index contributed by atoms with van der Waals surface area (Å²) in [6, 6.07) is 9.01. The lowest BCUT2D eigenvalue weighted by molar-refractivity contribution is -0.123. The van der Waals surface area contributed by atoms with Gasteiger partial charge in [0.05, 0.1) is 31.1 Å². The number of nitrogens with zero attached hydrogens (tertiary/aromatic N) is 5. The van der Waals surface area contributed by atoms with E-state index in [9.17, 15) is 4.79 Å². The van der Waals surface area contributed by atoms with E-state index in [1.165, 1.54) is 30.5 Å². The van der Waals surface area contributed by atoms with Gasteiger partial charge in [-0.05, 0) is 74.9 Å². The second-order valence-corrected chi connectivity index (χ2v) is 10.6. The van der Waals surface area contributed by atoms with E-state index in [2.05, 4.69) is 43.4 Å². The van der Waals surface area contributed by atoms with Crippen molar-refractivity contribution in [2.45, 2.75) is 44.7 Å². The van der Waals surface area contributed by atoms with Gasteiger partial charge in [-0.25, -0.2) is 4.98 Å². The van der Waals surface area contributed by atoms with Gasteiger partial charge in [0, 0.05) is 36.7 Å². The molecule has 8 nitrogen and oxygen atoms in total. The van der Waals surface area contributed by atoms with E-state index in [-0.39, 0.29) is 11.8 Å². The molecule has 190 valence electrons. The summed E-state index contributed by atoms with van der Waals surface area (Å²) in [5, 5.41) is 9.81. The van der Waals surface area contributed by atoms with Crippen LogP contribution >= 0.6 is 0 Å². The Kier molecular flexibility index (Phi) is 6.73. The number of piperidine rings is 2. The first-order valence-electron chi connectivity index (χ1n) is 13.4. The molecular formula is C28H36N6O2. The summed E-state index contributed by atoms with van der Waals surface area (Å²) in [6.45, 7) is 6.83. The van der Waals surface area contributed by atoms with E-state index < -0.39 is 0 Å². The zero-order valence-electron chi connectivity index (χ0n) is 21.2. The van der Waals surface area contributed by atoms with Crippen LogP contribution in [0.2, 0.25) is 0 Å². The number of pyridine rings is 1. The molecule has 3 saturated heterocycles. The molecule has 0 bridgehead atoms. The molecule has 0 atom stereocenters. The Balaban J connectivity index is 1.16. The quantitative estimate of drug-likeness (QED) is 0.571. The Morgan fingerprint density at radius 1 is 1.03 bits per heavy atom. The van der Waals surface area contributed by atoms with E-state index in [1.54, 1.807) is 0 Å². The Morgan fingerprint density at radius 3 is 2.58 bits per heavy atom. The highest BCUT2D eigenvalue weighted by Gasteiger charge is 2.32. The standard InChI is InChI=1S/C28H36N6O2/c1-32-26(17-33-9-3-2-4-10-33)25(16-30-32)21-5-6-22-15-29-27(14-23(22)13-21)31-28(35)20-7-11-34(12-8-20)24-18-36-19-24/h5-6,13-16,20,24H,2-4,7-12,17-19H2,1H3,(H,29,31,35). The van der Waals surface area contributed by atoms with Gasteiger partial charge in [-0.15, -0.1) is 0 Å². The number of carbonyl (C=O) groups is 1. The van der Waals surface area contributed by atoms with Crippen LogP contribution in [0.3, 0.4) is 0 Å². The van der Waals surface area contributed by atoms with Crippen LogP contribution in [0.4, 0.5) is 5.82 Å². The molecule has 5 heterocycles. The molecule has 1 amide bonds. The highest BCUT2D eigenvalue weighted by Crippen LogP contribution is 2.30. The molecule has 1 aromatic carbocycles. The fourth-order valence-corrected chi connectivity index (χ4v) is 5.79. The summed E-state index contributed by atoms with van der Waals surface area (Å²) in [4.78, 5) is 22.5. The molecule has 0 aliphatic carbocycles. The predicted octanol–water partition coefficient (Wildman–Crippen LogP) is 3.67. The fraction of sp³-hybridized carbons (Fsp3) is 0.536. The summed E-state index contributed by atoms with van der Waals surface area (Å²) in [7, 11) is 2.03. The molecule has 6 rings (SSSR count). The third-order valence-electron chi connectivity index (χ3n) is 8.20. The Labute approximate surface area is 212 Å². The van der Waals surface area contributed by atoms with Crippen molar-refractivity contribution >= 4 is 22.5 Å². The van der Waals surface area contributed by atoms with E-state index in [0.717, 1.165) is 75.1 Å². The number of ether oxygens (including phenoxy) is 1. The number of nitrogens with one attached hydrogen (secondary N) is 1. The Morgan fingerprint density at radius 2 is 1.83 bits per heavy atom. The number of likely N-dealkylation sites (tertiary alicyclic amines) is 2. The van der Waals surface area contributed by atoms with E-state index in [1.807, 2.05) is 30.2 Å². The average molecular weight is 489 g/mol. The van der Waals surface area contributed by atoms with Crippen LogP contribution in [-0.2, 0) is 23.1 Å². The van der Waals surface area contributed by atoms with Crippen LogP contribution in [0, 0.1) is 5.92 Å². The van der Waals surface area contributed by atoms with Gasteiger partial charge in [0.1, 0.15) is 5.82 Å². The minimum absolute atomic E-state index is 0.0406. The van der Waals surface area contributed by atoms with E-state index in [0.29, 0.717) is 11.9 Å². The van der Waals surface area contributed by atoms with Gasteiger partial charge >= 0.3 is 0 Å². The number of hydrogen-bond donors (Lipinski definition) is 1. The zero-order chi connectivity index (χ0) is 24.5. The molecule has 0 unspecified atom stereocenters. The molecule has 3 aliphatic heterocycles. The average Bonchev–Trinajstić information content (AvgIpc) is 3.23. The summed E-state index contributed by atoms with van der Waals surface area (Å²) in [5.41, 5.74) is 3.58. The number of fused-ring (bicyclic) bond motifs is 1. The Hall–Kier alpha value is -2.81. The van der Waals surface area contributed by atoms with Crippen LogP contribution in [0.25, 0.3) is 21.9 Å². The molecule has 0 radical (unpaired) electrons. The molecule has 2 aromatic heterocycles. The summed E-state index contributed by atoms with van der Waals surface area (Å²) in [6.07, 6.45) is 9.50. The van der Waals surface area contributed by atoms with Crippen LogP contribution < -0.4 is 5.32 Å².